The van der Waals surface area contributed by atoms with Gasteiger partial charge < -0.3 is 19.7 Å². The van der Waals surface area contributed by atoms with E-state index in [-0.39, 0.29) is 18.0 Å². The van der Waals surface area contributed by atoms with Crippen molar-refractivity contribution in [3.8, 4) is 11.5 Å². The van der Waals surface area contributed by atoms with Crippen molar-refractivity contribution < 1.29 is 19.7 Å². The van der Waals surface area contributed by atoms with Gasteiger partial charge in [0.05, 0.1) is 6.10 Å². The van der Waals surface area contributed by atoms with Gasteiger partial charge in [0.2, 0.25) is 5.39 Å². The van der Waals surface area contributed by atoms with Crippen molar-refractivity contribution in [3.63, 3.8) is 0 Å². The largest absolute Gasteiger partial charge is 0.504 e. The summed E-state index contributed by atoms with van der Waals surface area (Å²) in [4.78, 5) is 2.65. The first-order valence-electron chi connectivity index (χ1n) is 5.87. The standard InChI is InChI=1S/C13H16N2O4/c1-9(7-10(2)19-13(17)8-15-14)18-12-6-4-3-5-11(12)16/h3-6,8-10H,7H2,1-2H3,(H-,16,17)/p+1/b13-8+/t9-,10-/m0/s1. The summed E-state index contributed by atoms with van der Waals surface area (Å²) in [6, 6.07) is 6.68. The molecule has 0 saturated heterocycles. The first kappa shape index (κ1) is 14.6. The molecule has 1 rings (SSSR count). The van der Waals surface area contributed by atoms with Crippen LogP contribution in [0.2, 0.25) is 0 Å². The molecule has 0 unspecified atom stereocenters. The van der Waals surface area contributed by atoms with E-state index in [1.807, 2.05) is 6.92 Å². The van der Waals surface area contributed by atoms with Crippen LogP contribution in [0.1, 0.15) is 20.3 Å². The number of hydrogen-bond acceptors (Lipinski definition) is 5. The number of aliphatic hydroxyl groups excluding tert-OH is 1. The lowest BCUT2D eigenvalue weighted by molar-refractivity contribution is 0.0191. The molecule has 2 N–H and O–H groups in total. The third-order valence-corrected chi connectivity index (χ3v) is 2.35. The van der Waals surface area contributed by atoms with Crippen molar-refractivity contribution in [2.75, 3.05) is 0 Å². The fourth-order valence-electron chi connectivity index (χ4n) is 1.62. The maximum atomic E-state index is 9.56. The predicted molar refractivity (Wildman–Crippen MR) is 69.2 cm³/mol. The van der Waals surface area contributed by atoms with E-state index in [0.717, 1.165) is 6.20 Å². The highest BCUT2D eigenvalue weighted by Crippen LogP contribution is 2.26. The van der Waals surface area contributed by atoms with Crippen LogP contribution in [0.15, 0.2) is 36.4 Å². The molecule has 0 aromatic heterocycles. The fourth-order valence-corrected chi connectivity index (χ4v) is 1.62. The second kappa shape index (κ2) is 7.11. The van der Waals surface area contributed by atoms with Crippen molar-refractivity contribution in [1.29, 1.82) is 5.39 Å². The van der Waals surface area contributed by atoms with Crippen LogP contribution >= 0.6 is 0 Å². The maximum Gasteiger partial charge on any atom is 0.429 e. The Kier molecular flexibility index (Phi) is 5.48. The Bertz CT molecular complexity index is 482. The minimum Gasteiger partial charge on any atom is -0.504 e. The van der Waals surface area contributed by atoms with Gasteiger partial charge in [0.1, 0.15) is 6.10 Å². The molecule has 6 heteroatoms. The van der Waals surface area contributed by atoms with Gasteiger partial charge in [0.25, 0.3) is 0 Å². The molecule has 0 aliphatic rings. The first-order chi connectivity index (χ1) is 9.02. The molecule has 0 spiro atoms. The predicted octanol–water partition coefficient (Wildman–Crippen LogP) is 3.16. The van der Waals surface area contributed by atoms with E-state index < -0.39 is 5.95 Å². The number of para-hydroxylation sites is 2. The quantitative estimate of drug-likeness (QED) is 0.609. The van der Waals surface area contributed by atoms with Crippen LogP contribution in [0.4, 0.5) is 0 Å². The van der Waals surface area contributed by atoms with E-state index in [1.165, 1.54) is 0 Å². The average molecular weight is 265 g/mol. The van der Waals surface area contributed by atoms with Gasteiger partial charge in [-0.3, -0.25) is 0 Å². The highest BCUT2D eigenvalue weighted by molar-refractivity contribution is 5.38. The Morgan fingerprint density at radius 1 is 1.37 bits per heavy atom. The van der Waals surface area contributed by atoms with Crippen molar-refractivity contribution in [2.24, 2.45) is 0 Å². The summed E-state index contributed by atoms with van der Waals surface area (Å²) in [5.74, 6) is 0.00169. The first-order valence-corrected chi connectivity index (χ1v) is 5.87. The Morgan fingerprint density at radius 2 is 2.05 bits per heavy atom. The van der Waals surface area contributed by atoms with E-state index in [0.29, 0.717) is 12.2 Å². The normalized spacial score (nSPS) is 14.3. The molecule has 0 aliphatic heterocycles. The van der Waals surface area contributed by atoms with E-state index >= 15 is 0 Å². The third kappa shape index (κ3) is 5.17. The van der Waals surface area contributed by atoms with Gasteiger partial charge in [-0.15, -0.1) is 0 Å². The molecule has 6 nitrogen and oxygen atoms in total. The maximum absolute atomic E-state index is 9.56. The Balaban J connectivity index is 2.48. The SMILES string of the molecule is C[C@@H](C[C@H](C)Oc1ccccc1O)O/C(O)=C/[N+]#N. The van der Waals surface area contributed by atoms with Crippen molar-refractivity contribution in [1.82, 2.24) is 0 Å². The zero-order valence-electron chi connectivity index (χ0n) is 10.9. The third-order valence-electron chi connectivity index (χ3n) is 2.35. The topological polar surface area (TPSA) is 87.1 Å². The molecule has 1 aromatic rings. The van der Waals surface area contributed by atoms with Crippen LogP contribution in [0, 0.1) is 5.39 Å². The lowest BCUT2D eigenvalue weighted by Crippen LogP contribution is -2.20. The van der Waals surface area contributed by atoms with Gasteiger partial charge in [0, 0.05) is 6.42 Å². The van der Waals surface area contributed by atoms with E-state index in [1.54, 1.807) is 31.2 Å². The summed E-state index contributed by atoms with van der Waals surface area (Å²) in [7, 11) is 0. The minimum atomic E-state index is -0.468. The van der Waals surface area contributed by atoms with Gasteiger partial charge in [0.15, 0.2) is 16.5 Å². The van der Waals surface area contributed by atoms with Crippen LogP contribution in [-0.4, -0.2) is 22.4 Å². The number of diazo groups is 1. The van der Waals surface area contributed by atoms with Crippen molar-refractivity contribution in [3.05, 3.63) is 41.4 Å². The van der Waals surface area contributed by atoms with Gasteiger partial charge in [-0.25, -0.2) is 0 Å². The van der Waals surface area contributed by atoms with E-state index in [4.69, 9.17) is 14.9 Å². The average Bonchev–Trinajstić information content (AvgIpc) is 2.31. The molecule has 0 bridgehead atoms. The zero-order valence-corrected chi connectivity index (χ0v) is 10.9. The molecule has 0 aliphatic carbocycles. The molecule has 0 radical (unpaired) electrons. The molecule has 1 aromatic carbocycles. The summed E-state index contributed by atoms with van der Waals surface area (Å²) in [6.45, 7) is 3.57. The molecule has 0 saturated carbocycles. The second-order valence-corrected chi connectivity index (χ2v) is 4.14. The van der Waals surface area contributed by atoms with E-state index in [9.17, 15) is 10.2 Å². The van der Waals surface area contributed by atoms with Crippen molar-refractivity contribution in [2.45, 2.75) is 32.5 Å². The van der Waals surface area contributed by atoms with Crippen LogP contribution in [0.5, 0.6) is 11.5 Å². The zero-order chi connectivity index (χ0) is 14.3. The molecular weight excluding hydrogens is 248 g/mol. The lowest BCUT2D eigenvalue weighted by atomic mass is 10.2. The van der Waals surface area contributed by atoms with E-state index in [2.05, 4.69) is 4.98 Å². The molecular formula is C13H17N2O4+. The Hall–Kier alpha value is -2.42. The minimum absolute atomic E-state index is 0.0738. The van der Waals surface area contributed by atoms with Gasteiger partial charge in [-0.1, -0.05) is 12.1 Å². The summed E-state index contributed by atoms with van der Waals surface area (Å²) in [5.41, 5.74) is 0. The van der Waals surface area contributed by atoms with Crippen LogP contribution in [0.3, 0.4) is 0 Å². The summed E-state index contributed by atoms with van der Waals surface area (Å²) < 4.78 is 10.6. The molecule has 0 fully saturated rings. The Morgan fingerprint density at radius 3 is 2.68 bits per heavy atom. The number of phenols is 1. The van der Waals surface area contributed by atoms with Gasteiger partial charge in [-0.2, -0.15) is 0 Å². The number of phenolic OH excluding ortho intramolecular Hbond substituents is 1. The number of hydrogen-bond donors (Lipinski definition) is 2. The fraction of sp³-hybridized carbons (Fsp3) is 0.385. The summed E-state index contributed by atoms with van der Waals surface area (Å²) >= 11 is 0. The van der Waals surface area contributed by atoms with Gasteiger partial charge >= 0.3 is 12.1 Å². The molecule has 0 heterocycles. The number of aromatic hydroxyl groups is 1. The number of nitrogens with zero attached hydrogens (tertiary/aromatic N) is 2. The molecule has 102 valence electrons. The summed E-state index contributed by atoms with van der Waals surface area (Å²) in [6.07, 6.45) is 0.726. The second-order valence-electron chi connectivity index (χ2n) is 4.14. The lowest BCUT2D eigenvalue weighted by Gasteiger charge is -2.19. The van der Waals surface area contributed by atoms with Crippen LogP contribution in [0.25, 0.3) is 4.98 Å². The molecule has 2 atom stereocenters. The summed E-state index contributed by atoms with van der Waals surface area (Å²) in [5, 5.41) is 26.9. The number of aliphatic hydroxyl groups is 1. The van der Waals surface area contributed by atoms with Crippen molar-refractivity contribution >= 4 is 0 Å². The number of rotatable bonds is 6. The number of benzene rings is 1. The van der Waals surface area contributed by atoms with Gasteiger partial charge in [-0.05, 0) is 26.0 Å². The van der Waals surface area contributed by atoms with Crippen LogP contribution in [-0.2, 0) is 4.74 Å². The highest BCUT2D eigenvalue weighted by Gasteiger charge is 2.15. The number of ether oxygens (including phenoxy) is 2. The highest BCUT2D eigenvalue weighted by atomic mass is 16.6. The Labute approximate surface area is 111 Å². The molecule has 19 heavy (non-hydrogen) atoms. The monoisotopic (exact) mass is 265 g/mol. The smallest absolute Gasteiger partial charge is 0.429 e. The molecule has 0 amide bonds. The van der Waals surface area contributed by atoms with Crippen LogP contribution < -0.4 is 4.74 Å².